The van der Waals surface area contributed by atoms with Crippen molar-refractivity contribution in [1.29, 1.82) is 5.26 Å². The molecule has 0 saturated heterocycles. The van der Waals surface area contributed by atoms with Gasteiger partial charge in [0, 0.05) is 18.1 Å². The van der Waals surface area contributed by atoms with Crippen molar-refractivity contribution in [3.05, 3.63) is 17.1 Å². The Labute approximate surface area is 109 Å². The molecular formula is C11H14N6S. The average molecular weight is 262 g/mol. The Kier molecular flexibility index (Phi) is 3.79. The van der Waals surface area contributed by atoms with Crippen LogP contribution in [0.3, 0.4) is 0 Å². The molecule has 2 rings (SSSR count). The molecular weight excluding hydrogens is 248 g/mol. The number of nitrogen functional groups attached to an aromatic ring is 1. The summed E-state index contributed by atoms with van der Waals surface area (Å²) in [6.45, 7) is 2.88. The van der Waals surface area contributed by atoms with Gasteiger partial charge in [-0.2, -0.15) is 9.94 Å². The van der Waals surface area contributed by atoms with Crippen molar-refractivity contribution in [2.24, 2.45) is 0 Å². The largest absolute Gasteiger partial charge is 0.382 e. The van der Waals surface area contributed by atoms with E-state index in [0.29, 0.717) is 22.3 Å². The van der Waals surface area contributed by atoms with Crippen LogP contribution in [0.2, 0.25) is 0 Å². The SMILES string of the molecule is CCCCNc1nn(-c2nccs2)c(N)c1C#N. The fourth-order valence-corrected chi connectivity index (χ4v) is 2.12. The summed E-state index contributed by atoms with van der Waals surface area (Å²) in [6.07, 6.45) is 3.78. The molecule has 2 aromatic rings. The Bertz CT molecular complexity index is 551. The van der Waals surface area contributed by atoms with E-state index in [-0.39, 0.29) is 0 Å². The number of aromatic nitrogens is 3. The minimum Gasteiger partial charge on any atom is -0.382 e. The fraction of sp³-hybridized carbons (Fsp3) is 0.364. The number of nitrogens with zero attached hydrogens (tertiary/aromatic N) is 4. The van der Waals surface area contributed by atoms with Crippen LogP contribution in [0.1, 0.15) is 25.3 Å². The molecule has 0 aliphatic heterocycles. The van der Waals surface area contributed by atoms with Gasteiger partial charge in [-0.15, -0.1) is 16.4 Å². The van der Waals surface area contributed by atoms with Gasteiger partial charge in [0.05, 0.1) is 0 Å². The first-order chi connectivity index (χ1) is 8.77. The number of thiazole rings is 1. The minimum atomic E-state index is 0.325. The maximum Gasteiger partial charge on any atom is 0.212 e. The molecule has 0 spiro atoms. The third-order valence-electron chi connectivity index (χ3n) is 2.46. The topological polar surface area (TPSA) is 92.6 Å². The van der Waals surface area contributed by atoms with Crippen LogP contribution in [-0.2, 0) is 0 Å². The van der Waals surface area contributed by atoms with Crippen LogP contribution >= 0.6 is 11.3 Å². The van der Waals surface area contributed by atoms with E-state index < -0.39 is 0 Å². The van der Waals surface area contributed by atoms with Crippen molar-refractivity contribution in [3.63, 3.8) is 0 Å². The molecule has 0 aromatic carbocycles. The first-order valence-electron chi connectivity index (χ1n) is 5.70. The van der Waals surface area contributed by atoms with Crippen molar-refractivity contribution in [2.45, 2.75) is 19.8 Å². The number of nitrogens with two attached hydrogens (primary N) is 1. The number of hydrogen-bond donors (Lipinski definition) is 2. The molecule has 94 valence electrons. The lowest BCUT2D eigenvalue weighted by atomic mass is 10.3. The Morgan fingerprint density at radius 3 is 3.06 bits per heavy atom. The lowest BCUT2D eigenvalue weighted by molar-refractivity contribution is 0.821. The van der Waals surface area contributed by atoms with Gasteiger partial charge in [-0.1, -0.05) is 13.3 Å². The second kappa shape index (κ2) is 5.51. The summed E-state index contributed by atoms with van der Waals surface area (Å²) in [5.41, 5.74) is 6.29. The molecule has 0 atom stereocenters. The molecule has 18 heavy (non-hydrogen) atoms. The zero-order chi connectivity index (χ0) is 13.0. The van der Waals surface area contributed by atoms with E-state index in [2.05, 4.69) is 28.4 Å². The quantitative estimate of drug-likeness (QED) is 0.804. The third kappa shape index (κ3) is 2.28. The highest BCUT2D eigenvalue weighted by Crippen LogP contribution is 2.24. The van der Waals surface area contributed by atoms with Gasteiger partial charge in [0.2, 0.25) is 5.13 Å². The van der Waals surface area contributed by atoms with E-state index in [1.54, 1.807) is 6.20 Å². The Morgan fingerprint density at radius 2 is 2.44 bits per heavy atom. The number of anilines is 2. The monoisotopic (exact) mass is 262 g/mol. The van der Waals surface area contributed by atoms with Crippen LogP contribution in [0.4, 0.5) is 11.6 Å². The standard InChI is InChI=1S/C11H14N6S/c1-2-3-4-14-10-8(7-12)9(13)17(16-10)11-15-5-6-18-11/h5-6H,2-4,13H2,1H3,(H,14,16). The normalized spacial score (nSPS) is 10.2. The number of unbranched alkanes of at least 4 members (excludes halogenated alkanes) is 1. The highest BCUT2D eigenvalue weighted by molar-refractivity contribution is 7.12. The molecule has 0 fully saturated rings. The summed E-state index contributed by atoms with van der Waals surface area (Å²) in [7, 11) is 0. The predicted molar refractivity (Wildman–Crippen MR) is 71.8 cm³/mol. The minimum absolute atomic E-state index is 0.325. The maximum atomic E-state index is 9.13. The molecule has 0 aliphatic rings. The summed E-state index contributed by atoms with van der Waals surface area (Å²) >= 11 is 1.42. The zero-order valence-corrected chi connectivity index (χ0v) is 10.9. The van der Waals surface area contributed by atoms with Crippen LogP contribution in [0.15, 0.2) is 11.6 Å². The van der Waals surface area contributed by atoms with Crippen molar-refractivity contribution >= 4 is 23.0 Å². The van der Waals surface area contributed by atoms with Crippen LogP contribution in [0.5, 0.6) is 0 Å². The second-order valence-corrected chi connectivity index (χ2v) is 4.60. The summed E-state index contributed by atoms with van der Waals surface area (Å²) < 4.78 is 1.50. The van der Waals surface area contributed by atoms with E-state index in [9.17, 15) is 0 Å². The Balaban J connectivity index is 2.31. The summed E-state index contributed by atoms with van der Waals surface area (Å²) in [5, 5.41) is 19.1. The molecule has 6 nitrogen and oxygen atoms in total. The zero-order valence-electron chi connectivity index (χ0n) is 10.1. The van der Waals surface area contributed by atoms with Crippen LogP contribution < -0.4 is 11.1 Å². The van der Waals surface area contributed by atoms with Crippen LogP contribution in [-0.4, -0.2) is 21.3 Å². The average Bonchev–Trinajstić information content (AvgIpc) is 2.97. The molecule has 0 radical (unpaired) electrons. The lowest BCUT2D eigenvalue weighted by Gasteiger charge is -2.00. The van der Waals surface area contributed by atoms with E-state index in [0.717, 1.165) is 19.4 Å². The van der Waals surface area contributed by atoms with Gasteiger partial charge in [0.15, 0.2) is 5.82 Å². The molecule has 0 saturated carbocycles. The predicted octanol–water partition coefficient (Wildman–Crippen LogP) is 1.99. The molecule has 0 bridgehead atoms. The van der Waals surface area contributed by atoms with Gasteiger partial charge in [-0.3, -0.25) is 0 Å². The fourth-order valence-electron chi connectivity index (χ4n) is 1.51. The van der Waals surface area contributed by atoms with Crippen molar-refractivity contribution in [3.8, 4) is 11.2 Å². The van der Waals surface area contributed by atoms with Crippen LogP contribution in [0, 0.1) is 11.3 Å². The van der Waals surface area contributed by atoms with Gasteiger partial charge in [-0.25, -0.2) is 4.98 Å². The van der Waals surface area contributed by atoms with Crippen LogP contribution in [0.25, 0.3) is 5.13 Å². The van der Waals surface area contributed by atoms with Gasteiger partial charge in [0.1, 0.15) is 17.5 Å². The Hall–Kier alpha value is -2.07. The maximum absolute atomic E-state index is 9.13. The third-order valence-corrected chi connectivity index (χ3v) is 3.20. The molecule has 0 aliphatic carbocycles. The van der Waals surface area contributed by atoms with E-state index >= 15 is 0 Å². The van der Waals surface area contributed by atoms with E-state index in [1.165, 1.54) is 16.0 Å². The van der Waals surface area contributed by atoms with Gasteiger partial charge in [0.25, 0.3) is 0 Å². The van der Waals surface area contributed by atoms with Gasteiger partial charge < -0.3 is 11.1 Å². The van der Waals surface area contributed by atoms with Crippen molar-refractivity contribution in [2.75, 3.05) is 17.6 Å². The van der Waals surface area contributed by atoms with E-state index in [4.69, 9.17) is 11.0 Å². The molecule has 0 unspecified atom stereocenters. The smallest absolute Gasteiger partial charge is 0.212 e. The number of nitriles is 1. The summed E-state index contributed by atoms with van der Waals surface area (Å²) in [6, 6.07) is 2.08. The molecule has 2 aromatic heterocycles. The van der Waals surface area contributed by atoms with Crippen molar-refractivity contribution < 1.29 is 0 Å². The molecule has 3 N–H and O–H groups in total. The van der Waals surface area contributed by atoms with Gasteiger partial charge >= 0.3 is 0 Å². The number of nitrogens with one attached hydrogen (secondary N) is 1. The first-order valence-corrected chi connectivity index (χ1v) is 6.58. The molecule has 7 heteroatoms. The second-order valence-electron chi connectivity index (χ2n) is 3.73. The molecule has 2 heterocycles. The summed E-state index contributed by atoms with van der Waals surface area (Å²) in [4.78, 5) is 4.13. The summed E-state index contributed by atoms with van der Waals surface area (Å²) in [5.74, 6) is 0.852. The number of rotatable bonds is 5. The highest BCUT2D eigenvalue weighted by Gasteiger charge is 2.17. The van der Waals surface area contributed by atoms with E-state index in [1.807, 2.05) is 5.38 Å². The van der Waals surface area contributed by atoms with Crippen molar-refractivity contribution in [1.82, 2.24) is 14.8 Å². The Morgan fingerprint density at radius 1 is 1.61 bits per heavy atom. The molecule has 0 amide bonds. The first kappa shape index (κ1) is 12.4. The highest BCUT2D eigenvalue weighted by atomic mass is 32.1. The number of hydrogen-bond acceptors (Lipinski definition) is 6. The lowest BCUT2D eigenvalue weighted by Crippen LogP contribution is -2.03. The van der Waals surface area contributed by atoms with Gasteiger partial charge in [-0.05, 0) is 6.42 Å².